The van der Waals surface area contributed by atoms with Gasteiger partial charge in [-0.25, -0.2) is 13.1 Å². The molecule has 5 heteroatoms. The Labute approximate surface area is 93.7 Å². The first-order valence-corrected chi connectivity index (χ1v) is 7.28. The zero-order valence-electron chi connectivity index (χ0n) is 9.99. The Balaban J connectivity index is 4.02. The van der Waals surface area contributed by atoms with Crippen molar-refractivity contribution in [2.75, 3.05) is 12.3 Å². The van der Waals surface area contributed by atoms with Crippen molar-refractivity contribution in [2.45, 2.75) is 46.1 Å². The van der Waals surface area contributed by atoms with Crippen molar-refractivity contribution in [1.29, 1.82) is 0 Å². The Morgan fingerprint density at radius 3 is 2.33 bits per heavy atom. The molecular formula is C10H24N2O2S. The highest BCUT2D eigenvalue weighted by Gasteiger charge is 2.17. The van der Waals surface area contributed by atoms with E-state index in [1.54, 1.807) is 0 Å². The van der Waals surface area contributed by atoms with Crippen LogP contribution in [0.4, 0.5) is 0 Å². The fourth-order valence-electron chi connectivity index (χ4n) is 1.25. The number of rotatable bonds is 8. The van der Waals surface area contributed by atoms with E-state index in [1.807, 2.05) is 13.8 Å². The maximum atomic E-state index is 11.6. The molecule has 0 heterocycles. The molecule has 0 aromatic carbocycles. The predicted molar refractivity (Wildman–Crippen MR) is 64.1 cm³/mol. The Kier molecular flexibility index (Phi) is 7.13. The summed E-state index contributed by atoms with van der Waals surface area (Å²) in [6.45, 7) is 6.57. The van der Waals surface area contributed by atoms with Gasteiger partial charge in [-0.1, -0.05) is 20.3 Å². The van der Waals surface area contributed by atoms with Gasteiger partial charge < -0.3 is 5.73 Å². The Morgan fingerprint density at radius 1 is 1.27 bits per heavy atom. The van der Waals surface area contributed by atoms with Crippen LogP contribution in [0.3, 0.4) is 0 Å². The lowest BCUT2D eigenvalue weighted by atomic mass is 10.0. The van der Waals surface area contributed by atoms with Crippen LogP contribution in [0.15, 0.2) is 0 Å². The number of hydrogen-bond acceptors (Lipinski definition) is 3. The van der Waals surface area contributed by atoms with Crippen LogP contribution >= 0.6 is 0 Å². The second kappa shape index (κ2) is 7.19. The monoisotopic (exact) mass is 236 g/mol. The number of sulfonamides is 1. The second-order valence-electron chi connectivity index (χ2n) is 4.11. The maximum absolute atomic E-state index is 11.6. The molecule has 0 radical (unpaired) electrons. The van der Waals surface area contributed by atoms with Crippen LogP contribution in [-0.4, -0.2) is 26.8 Å². The molecule has 0 saturated carbocycles. The van der Waals surface area contributed by atoms with Gasteiger partial charge in [0, 0.05) is 6.04 Å². The average Bonchev–Trinajstić information content (AvgIpc) is 2.16. The molecule has 0 fully saturated rings. The summed E-state index contributed by atoms with van der Waals surface area (Å²) >= 11 is 0. The Morgan fingerprint density at radius 2 is 1.87 bits per heavy atom. The van der Waals surface area contributed by atoms with Crippen molar-refractivity contribution < 1.29 is 8.42 Å². The molecule has 0 bridgehead atoms. The first-order valence-electron chi connectivity index (χ1n) is 5.63. The summed E-state index contributed by atoms with van der Waals surface area (Å²) in [7, 11) is -3.11. The van der Waals surface area contributed by atoms with E-state index in [0.29, 0.717) is 18.9 Å². The lowest BCUT2D eigenvalue weighted by Gasteiger charge is -2.19. The van der Waals surface area contributed by atoms with Gasteiger partial charge in [0.05, 0.1) is 5.75 Å². The van der Waals surface area contributed by atoms with E-state index in [0.717, 1.165) is 12.8 Å². The minimum atomic E-state index is -3.11. The largest absolute Gasteiger partial charge is 0.330 e. The van der Waals surface area contributed by atoms with Crippen LogP contribution in [0.25, 0.3) is 0 Å². The summed E-state index contributed by atoms with van der Waals surface area (Å²) in [4.78, 5) is 0. The van der Waals surface area contributed by atoms with E-state index in [1.165, 1.54) is 0 Å². The highest BCUT2D eigenvalue weighted by atomic mass is 32.2. The minimum absolute atomic E-state index is 0.0119. The summed E-state index contributed by atoms with van der Waals surface area (Å²) in [5.74, 6) is 0.555. The van der Waals surface area contributed by atoms with Gasteiger partial charge in [0.15, 0.2) is 0 Å². The molecule has 0 aromatic heterocycles. The summed E-state index contributed by atoms with van der Waals surface area (Å²) in [6.07, 6.45) is 2.38. The number of unbranched alkanes of at least 4 members (excludes halogenated alkanes) is 1. The Hall–Kier alpha value is -0.130. The summed E-state index contributed by atoms with van der Waals surface area (Å²) < 4.78 is 25.9. The van der Waals surface area contributed by atoms with Gasteiger partial charge in [0.1, 0.15) is 0 Å². The van der Waals surface area contributed by atoms with Gasteiger partial charge in [0.2, 0.25) is 10.0 Å². The van der Waals surface area contributed by atoms with E-state index in [4.69, 9.17) is 5.73 Å². The number of nitrogens with two attached hydrogens (primary N) is 1. The third-order valence-electron chi connectivity index (χ3n) is 2.73. The van der Waals surface area contributed by atoms with Gasteiger partial charge >= 0.3 is 0 Å². The molecule has 2 atom stereocenters. The molecule has 0 aliphatic carbocycles. The molecule has 0 aliphatic rings. The molecule has 0 saturated heterocycles. The molecule has 15 heavy (non-hydrogen) atoms. The maximum Gasteiger partial charge on any atom is 0.211 e. The molecule has 2 unspecified atom stereocenters. The molecular weight excluding hydrogens is 212 g/mol. The average molecular weight is 236 g/mol. The van der Waals surface area contributed by atoms with Gasteiger partial charge in [-0.15, -0.1) is 0 Å². The third kappa shape index (κ3) is 6.87. The fourth-order valence-corrected chi connectivity index (χ4v) is 2.75. The molecule has 0 aliphatic heterocycles. The van der Waals surface area contributed by atoms with Crippen LogP contribution in [0, 0.1) is 5.92 Å². The highest BCUT2D eigenvalue weighted by molar-refractivity contribution is 7.89. The second-order valence-corrected chi connectivity index (χ2v) is 5.98. The first kappa shape index (κ1) is 14.9. The van der Waals surface area contributed by atoms with Crippen LogP contribution in [-0.2, 0) is 10.0 Å². The number of nitrogens with one attached hydrogen (secondary N) is 1. The highest BCUT2D eigenvalue weighted by Crippen LogP contribution is 2.08. The zero-order chi connectivity index (χ0) is 11.9. The van der Waals surface area contributed by atoms with E-state index in [2.05, 4.69) is 11.6 Å². The predicted octanol–water partition coefficient (Wildman–Crippen LogP) is 1.08. The van der Waals surface area contributed by atoms with Crippen molar-refractivity contribution in [3.8, 4) is 0 Å². The number of hydrogen-bond donors (Lipinski definition) is 2. The molecule has 0 rings (SSSR count). The lowest BCUT2D eigenvalue weighted by Crippen LogP contribution is -2.38. The van der Waals surface area contributed by atoms with Gasteiger partial charge in [-0.2, -0.15) is 0 Å². The third-order valence-corrected chi connectivity index (χ3v) is 4.29. The SMILES string of the molecule is CCC(C)C(C)NS(=O)(=O)CCCCN. The van der Waals surface area contributed by atoms with E-state index < -0.39 is 10.0 Å². The first-order chi connectivity index (χ1) is 6.93. The van der Waals surface area contributed by atoms with Crippen LogP contribution in [0.5, 0.6) is 0 Å². The molecule has 0 amide bonds. The molecule has 0 spiro atoms. The van der Waals surface area contributed by atoms with E-state index in [-0.39, 0.29) is 11.8 Å². The lowest BCUT2D eigenvalue weighted by molar-refractivity contribution is 0.433. The van der Waals surface area contributed by atoms with Crippen molar-refractivity contribution in [3.63, 3.8) is 0 Å². The summed E-state index contributed by atoms with van der Waals surface area (Å²) in [5.41, 5.74) is 5.31. The zero-order valence-corrected chi connectivity index (χ0v) is 10.8. The van der Waals surface area contributed by atoms with Crippen molar-refractivity contribution in [2.24, 2.45) is 11.7 Å². The smallest absolute Gasteiger partial charge is 0.211 e. The molecule has 4 nitrogen and oxygen atoms in total. The standard InChI is InChI=1S/C10H24N2O2S/c1-4-9(2)10(3)12-15(13,14)8-6-5-7-11/h9-10,12H,4-8,11H2,1-3H3. The van der Waals surface area contributed by atoms with Crippen molar-refractivity contribution in [3.05, 3.63) is 0 Å². The Bertz CT molecular complexity index is 252. The molecule has 92 valence electrons. The molecule has 0 aromatic rings. The summed E-state index contributed by atoms with van der Waals surface area (Å²) in [5, 5.41) is 0. The summed E-state index contributed by atoms with van der Waals surface area (Å²) in [6, 6.07) is 0.0119. The van der Waals surface area contributed by atoms with Gasteiger partial charge in [0.25, 0.3) is 0 Å². The quantitative estimate of drug-likeness (QED) is 0.619. The van der Waals surface area contributed by atoms with Gasteiger partial charge in [-0.3, -0.25) is 0 Å². The van der Waals surface area contributed by atoms with Crippen LogP contribution < -0.4 is 10.5 Å². The molecule has 3 N–H and O–H groups in total. The van der Waals surface area contributed by atoms with Crippen molar-refractivity contribution in [1.82, 2.24) is 4.72 Å². The van der Waals surface area contributed by atoms with Crippen molar-refractivity contribution >= 4 is 10.0 Å². The minimum Gasteiger partial charge on any atom is -0.330 e. The van der Waals surface area contributed by atoms with E-state index in [9.17, 15) is 8.42 Å². The fraction of sp³-hybridized carbons (Fsp3) is 1.00. The van der Waals surface area contributed by atoms with Crippen LogP contribution in [0.1, 0.15) is 40.0 Å². The topological polar surface area (TPSA) is 72.2 Å². The normalized spacial score (nSPS) is 16.3. The van der Waals surface area contributed by atoms with Crippen LogP contribution in [0.2, 0.25) is 0 Å². The van der Waals surface area contributed by atoms with E-state index >= 15 is 0 Å². The van der Waals surface area contributed by atoms with Gasteiger partial charge in [-0.05, 0) is 32.2 Å².